The molecular formula is C9H13N3O2. The van der Waals surface area contributed by atoms with E-state index in [9.17, 15) is 4.79 Å². The Morgan fingerprint density at radius 2 is 2.57 bits per heavy atom. The molecule has 1 aromatic rings. The predicted octanol–water partition coefficient (Wildman–Crippen LogP) is -0.0409. The maximum Gasteiger partial charge on any atom is 0.322 e. The fraction of sp³-hybridized carbons (Fsp3) is 0.556. The first-order valence-corrected chi connectivity index (χ1v) is 4.60. The molecule has 1 aromatic heterocycles. The van der Waals surface area contributed by atoms with Crippen LogP contribution in [0.25, 0.3) is 0 Å². The van der Waals surface area contributed by atoms with E-state index in [0.717, 1.165) is 13.0 Å². The van der Waals surface area contributed by atoms with Gasteiger partial charge in [-0.1, -0.05) is 0 Å². The SMILES string of the molecule is COC(=O)[C@H]1C[C@@H](n2ccnc2)CN1. The van der Waals surface area contributed by atoms with Gasteiger partial charge in [0.25, 0.3) is 0 Å². The molecule has 2 rings (SSSR count). The van der Waals surface area contributed by atoms with Gasteiger partial charge in [-0.2, -0.15) is 0 Å². The average Bonchev–Trinajstić information content (AvgIpc) is 2.86. The molecule has 76 valence electrons. The summed E-state index contributed by atoms with van der Waals surface area (Å²) in [6.45, 7) is 0.788. The number of carbonyl (C=O) groups is 1. The van der Waals surface area contributed by atoms with Crippen LogP contribution in [0.5, 0.6) is 0 Å². The van der Waals surface area contributed by atoms with Crippen molar-refractivity contribution in [1.29, 1.82) is 0 Å². The molecule has 5 heteroatoms. The Morgan fingerprint density at radius 1 is 1.71 bits per heavy atom. The number of ether oxygens (including phenoxy) is 1. The van der Waals surface area contributed by atoms with Crippen molar-refractivity contribution in [2.45, 2.75) is 18.5 Å². The third kappa shape index (κ3) is 1.63. The Kier molecular flexibility index (Phi) is 2.49. The second-order valence-corrected chi connectivity index (χ2v) is 3.38. The van der Waals surface area contributed by atoms with E-state index >= 15 is 0 Å². The highest BCUT2D eigenvalue weighted by Gasteiger charge is 2.30. The predicted molar refractivity (Wildman–Crippen MR) is 49.7 cm³/mol. The average molecular weight is 195 g/mol. The van der Waals surface area contributed by atoms with Crippen LogP contribution in [0.3, 0.4) is 0 Å². The molecule has 5 nitrogen and oxygen atoms in total. The van der Waals surface area contributed by atoms with Crippen LogP contribution < -0.4 is 5.32 Å². The minimum atomic E-state index is -0.187. The standard InChI is InChI=1S/C9H13N3O2/c1-14-9(13)8-4-7(5-11-8)12-3-2-10-6-12/h2-3,6-8,11H,4-5H2,1H3/t7-,8-/m1/s1. The lowest BCUT2D eigenvalue weighted by molar-refractivity contribution is -0.142. The first-order chi connectivity index (χ1) is 6.81. The van der Waals surface area contributed by atoms with Gasteiger partial charge in [0.05, 0.1) is 13.4 Å². The number of carbonyl (C=O) groups excluding carboxylic acids is 1. The summed E-state index contributed by atoms with van der Waals surface area (Å²) in [7, 11) is 1.41. The molecule has 0 aliphatic carbocycles. The van der Waals surface area contributed by atoms with E-state index in [1.807, 2.05) is 10.8 Å². The van der Waals surface area contributed by atoms with Crippen LogP contribution in [0.1, 0.15) is 12.5 Å². The fourth-order valence-corrected chi connectivity index (χ4v) is 1.75. The maximum atomic E-state index is 11.2. The number of hydrogen-bond donors (Lipinski definition) is 1. The number of esters is 1. The first kappa shape index (κ1) is 9.21. The van der Waals surface area contributed by atoms with Crippen molar-refractivity contribution in [3.05, 3.63) is 18.7 Å². The molecule has 14 heavy (non-hydrogen) atoms. The van der Waals surface area contributed by atoms with Gasteiger partial charge in [0.1, 0.15) is 6.04 Å². The molecule has 0 amide bonds. The van der Waals surface area contributed by atoms with Crippen molar-refractivity contribution < 1.29 is 9.53 Å². The third-order valence-corrected chi connectivity index (χ3v) is 2.54. The lowest BCUT2D eigenvalue weighted by atomic mass is 10.2. The van der Waals surface area contributed by atoms with E-state index in [1.165, 1.54) is 7.11 Å². The van der Waals surface area contributed by atoms with E-state index in [-0.39, 0.29) is 12.0 Å². The molecule has 2 atom stereocenters. The topological polar surface area (TPSA) is 56.2 Å². The van der Waals surface area contributed by atoms with Gasteiger partial charge < -0.3 is 14.6 Å². The van der Waals surface area contributed by atoms with E-state index in [2.05, 4.69) is 15.0 Å². The Balaban J connectivity index is 1.98. The van der Waals surface area contributed by atoms with Crippen molar-refractivity contribution in [2.75, 3.05) is 13.7 Å². The fourth-order valence-electron chi connectivity index (χ4n) is 1.75. The van der Waals surface area contributed by atoms with Gasteiger partial charge >= 0.3 is 5.97 Å². The molecular weight excluding hydrogens is 182 g/mol. The summed E-state index contributed by atoms with van der Waals surface area (Å²) in [5.74, 6) is -0.187. The maximum absolute atomic E-state index is 11.2. The van der Waals surface area contributed by atoms with Gasteiger partial charge in [-0.05, 0) is 6.42 Å². The highest BCUT2D eigenvalue weighted by Crippen LogP contribution is 2.19. The van der Waals surface area contributed by atoms with Crippen LogP contribution >= 0.6 is 0 Å². The molecule has 0 unspecified atom stereocenters. The van der Waals surface area contributed by atoms with Crippen LogP contribution in [0.4, 0.5) is 0 Å². The number of methoxy groups -OCH3 is 1. The van der Waals surface area contributed by atoms with Gasteiger partial charge in [-0.15, -0.1) is 0 Å². The summed E-state index contributed by atoms with van der Waals surface area (Å²) in [6, 6.07) is 0.133. The number of nitrogens with one attached hydrogen (secondary N) is 1. The second kappa shape index (κ2) is 3.79. The Morgan fingerprint density at radius 3 is 3.21 bits per heavy atom. The quantitative estimate of drug-likeness (QED) is 0.673. The largest absolute Gasteiger partial charge is 0.468 e. The van der Waals surface area contributed by atoms with Gasteiger partial charge in [-0.3, -0.25) is 4.79 Å². The van der Waals surface area contributed by atoms with E-state index in [4.69, 9.17) is 0 Å². The van der Waals surface area contributed by atoms with Gasteiger partial charge in [-0.25, -0.2) is 4.98 Å². The highest BCUT2D eigenvalue weighted by atomic mass is 16.5. The van der Waals surface area contributed by atoms with Crippen LogP contribution in [-0.2, 0) is 9.53 Å². The highest BCUT2D eigenvalue weighted by molar-refractivity contribution is 5.76. The summed E-state index contributed by atoms with van der Waals surface area (Å²) in [5, 5.41) is 3.12. The number of hydrogen-bond acceptors (Lipinski definition) is 4. The molecule has 1 aliphatic rings. The molecule has 0 bridgehead atoms. The first-order valence-electron chi connectivity index (χ1n) is 4.60. The monoisotopic (exact) mass is 195 g/mol. The normalized spacial score (nSPS) is 26.4. The molecule has 0 saturated carbocycles. The van der Waals surface area contributed by atoms with E-state index in [0.29, 0.717) is 6.04 Å². The lowest BCUT2D eigenvalue weighted by Gasteiger charge is -2.09. The molecule has 1 N–H and O–H groups in total. The summed E-state index contributed by atoms with van der Waals surface area (Å²) >= 11 is 0. The molecule has 0 spiro atoms. The van der Waals surface area contributed by atoms with Crippen LogP contribution in [0.15, 0.2) is 18.7 Å². The van der Waals surface area contributed by atoms with E-state index < -0.39 is 0 Å². The van der Waals surface area contributed by atoms with E-state index in [1.54, 1.807) is 12.5 Å². The molecule has 1 fully saturated rings. The number of aromatic nitrogens is 2. The third-order valence-electron chi connectivity index (χ3n) is 2.54. The summed E-state index contributed by atoms with van der Waals surface area (Å²) in [5.41, 5.74) is 0. The van der Waals surface area contributed by atoms with Gasteiger partial charge in [0.2, 0.25) is 0 Å². The van der Waals surface area contributed by atoms with Gasteiger partial charge in [0, 0.05) is 25.0 Å². The minimum Gasteiger partial charge on any atom is -0.468 e. The summed E-state index contributed by atoms with van der Waals surface area (Å²) in [6.07, 6.45) is 6.19. The van der Waals surface area contributed by atoms with Crippen molar-refractivity contribution in [2.24, 2.45) is 0 Å². The van der Waals surface area contributed by atoms with Crippen molar-refractivity contribution in [1.82, 2.24) is 14.9 Å². The molecule has 2 heterocycles. The summed E-state index contributed by atoms with van der Waals surface area (Å²) in [4.78, 5) is 15.2. The van der Waals surface area contributed by atoms with Crippen LogP contribution in [0, 0.1) is 0 Å². The van der Waals surface area contributed by atoms with Crippen molar-refractivity contribution in [3.8, 4) is 0 Å². The van der Waals surface area contributed by atoms with Crippen LogP contribution in [-0.4, -0.2) is 35.2 Å². The van der Waals surface area contributed by atoms with Crippen molar-refractivity contribution in [3.63, 3.8) is 0 Å². The number of imidazole rings is 1. The Labute approximate surface area is 82.1 Å². The molecule has 1 aliphatic heterocycles. The Hall–Kier alpha value is -1.36. The molecule has 0 aromatic carbocycles. The minimum absolute atomic E-state index is 0.174. The zero-order valence-electron chi connectivity index (χ0n) is 8.01. The van der Waals surface area contributed by atoms with Crippen molar-refractivity contribution >= 4 is 5.97 Å². The zero-order chi connectivity index (χ0) is 9.97. The smallest absolute Gasteiger partial charge is 0.322 e. The molecule has 1 saturated heterocycles. The molecule has 0 radical (unpaired) electrons. The zero-order valence-corrected chi connectivity index (χ0v) is 8.01. The second-order valence-electron chi connectivity index (χ2n) is 3.38. The Bertz CT molecular complexity index is 310. The lowest BCUT2D eigenvalue weighted by Crippen LogP contribution is -2.31. The number of nitrogens with zero attached hydrogens (tertiary/aromatic N) is 2. The van der Waals surface area contributed by atoms with Gasteiger partial charge in [0.15, 0.2) is 0 Å². The van der Waals surface area contributed by atoms with Crippen LogP contribution in [0.2, 0.25) is 0 Å². The summed E-state index contributed by atoms with van der Waals surface area (Å²) < 4.78 is 6.68. The number of rotatable bonds is 2.